The van der Waals surface area contributed by atoms with Crippen molar-refractivity contribution in [3.63, 3.8) is 0 Å². The number of fused-ring (bicyclic) bond motifs is 12. The van der Waals surface area contributed by atoms with Crippen molar-refractivity contribution in [1.82, 2.24) is 4.57 Å². The third-order valence-electron chi connectivity index (χ3n) is 14.3. The first-order chi connectivity index (χ1) is 28.7. The molecular formula is C55H49BN2O2. The summed E-state index contributed by atoms with van der Waals surface area (Å²) in [6.45, 7) is 18.9. The fourth-order valence-corrected chi connectivity index (χ4v) is 10.9. The molecule has 1 aliphatic heterocycles. The zero-order valence-corrected chi connectivity index (χ0v) is 35.9. The highest BCUT2D eigenvalue weighted by Gasteiger charge is 2.39. The van der Waals surface area contributed by atoms with Gasteiger partial charge in [-0.1, -0.05) is 115 Å². The summed E-state index contributed by atoms with van der Waals surface area (Å²) in [6.07, 6.45) is 2.32. The normalized spacial score (nSPS) is 15.6. The average molecular weight is 781 g/mol. The van der Waals surface area contributed by atoms with Crippen LogP contribution in [0.5, 0.6) is 0 Å². The number of para-hydroxylation sites is 2. The second-order valence-electron chi connectivity index (χ2n) is 20.2. The molecule has 60 heavy (non-hydrogen) atoms. The van der Waals surface area contributed by atoms with Crippen molar-refractivity contribution in [2.24, 2.45) is 0 Å². The van der Waals surface area contributed by atoms with E-state index in [2.05, 4.69) is 181 Å². The summed E-state index contributed by atoms with van der Waals surface area (Å²) >= 11 is 0. The van der Waals surface area contributed by atoms with Crippen molar-refractivity contribution in [2.45, 2.75) is 84.5 Å². The van der Waals surface area contributed by atoms with Crippen LogP contribution < -0.4 is 16.2 Å². The van der Waals surface area contributed by atoms with Crippen LogP contribution in [0.25, 0.3) is 82.5 Å². The van der Waals surface area contributed by atoms with Gasteiger partial charge in [-0.3, -0.25) is 0 Å². The van der Waals surface area contributed by atoms with Crippen LogP contribution in [0.4, 0.5) is 11.4 Å². The summed E-state index contributed by atoms with van der Waals surface area (Å²) in [4.78, 5) is 0. The first-order valence-corrected chi connectivity index (χ1v) is 21.7. The van der Waals surface area contributed by atoms with E-state index in [-0.39, 0.29) is 16.2 Å². The van der Waals surface area contributed by atoms with Crippen LogP contribution in [-0.4, -0.2) is 11.8 Å². The van der Waals surface area contributed by atoms with Gasteiger partial charge in [-0.05, 0) is 112 Å². The fourth-order valence-electron chi connectivity index (χ4n) is 10.9. The van der Waals surface area contributed by atoms with E-state index in [1.807, 2.05) is 0 Å². The predicted molar refractivity (Wildman–Crippen MR) is 256 cm³/mol. The minimum Gasteiger partial charge on any atom is -0.456 e. The van der Waals surface area contributed by atoms with Gasteiger partial charge in [-0.25, -0.2) is 0 Å². The molecule has 10 aromatic rings. The maximum absolute atomic E-state index is 6.57. The number of nitrogens with one attached hydrogen (secondary N) is 1. The zero-order valence-electron chi connectivity index (χ0n) is 35.9. The summed E-state index contributed by atoms with van der Waals surface area (Å²) in [5, 5.41) is 11.2. The molecule has 3 aromatic heterocycles. The molecular weight excluding hydrogens is 731 g/mol. The standard InChI is InChI=1S/C55H49BN2O2/c1-30-23-38(35-25-40-41(55(7,8)22-21-54(40,5)6)27-43(35)57-32-19-17-31(18-20-32)53(2,3)4)51-52-50(30)39-24-36-33-13-9-11-15-46(33)59-48(36)28-44(39)58(52)45-29-49-37(26-42(45)56-51)34-14-10-12-16-47(34)60-49/h9-20,23-29,56-57H,21-22H2,1-8H3. The highest BCUT2D eigenvalue weighted by Crippen LogP contribution is 2.50. The van der Waals surface area contributed by atoms with Gasteiger partial charge in [0, 0.05) is 72.6 Å². The average Bonchev–Trinajstić information content (AvgIpc) is 3.88. The molecule has 5 heteroatoms. The Morgan fingerprint density at radius 2 is 1.23 bits per heavy atom. The molecule has 0 saturated heterocycles. The number of nitrogens with zero attached hydrogens (tertiary/aromatic N) is 1. The summed E-state index contributed by atoms with van der Waals surface area (Å²) in [5.74, 6) is 0. The predicted octanol–water partition coefficient (Wildman–Crippen LogP) is 13.6. The number of benzene rings is 7. The quantitative estimate of drug-likeness (QED) is 0.182. The topological polar surface area (TPSA) is 43.2 Å². The zero-order chi connectivity index (χ0) is 41.0. The van der Waals surface area contributed by atoms with Crippen LogP contribution >= 0.6 is 0 Å². The van der Waals surface area contributed by atoms with Crippen LogP contribution in [-0.2, 0) is 16.2 Å². The first kappa shape index (κ1) is 35.7. The second-order valence-corrected chi connectivity index (χ2v) is 20.2. The minimum atomic E-state index is 0.0508. The van der Waals surface area contributed by atoms with Gasteiger partial charge in [-0.15, -0.1) is 0 Å². The molecule has 0 radical (unpaired) electrons. The molecule has 0 amide bonds. The van der Waals surface area contributed by atoms with Crippen LogP contribution in [0, 0.1) is 6.92 Å². The summed E-state index contributed by atoms with van der Waals surface area (Å²) < 4.78 is 15.7. The molecule has 294 valence electrons. The fraction of sp³-hybridized carbons (Fsp3) is 0.236. The van der Waals surface area contributed by atoms with Crippen molar-refractivity contribution in [3.8, 4) is 16.8 Å². The van der Waals surface area contributed by atoms with E-state index in [0.717, 1.165) is 80.9 Å². The molecule has 7 aromatic carbocycles. The van der Waals surface area contributed by atoms with E-state index in [4.69, 9.17) is 8.83 Å². The van der Waals surface area contributed by atoms with Gasteiger partial charge in [-0.2, -0.15) is 0 Å². The SMILES string of the molecule is Cc1cc(-c2cc3c(cc2Nc2ccc(C(C)(C)C)cc2)C(C)(C)CCC3(C)C)c2c3c1c1cc4c(cc1n3-c1cc3oc5ccccc5c3cc1B2)oc1ccccc14. The van der Waals surface area contributed by atoms with Gasteiger partial charge in [0.05, 0.1) is 5.52 Å². The van der Waals surface area contributed by atoms with E-state index in [9.17, 15) is 0 Å². The first-order valence-electron chi connectivity index (χ1n) is 21.7. The number of aryl methyl sites for hydroxylation is 1. The molecule has 4 nitrogen and oxygen atoms in total. The lowest BCUT2D eigenvalue weighted by Crippen LogP contribution is -2.37. The molecule has 0 bridgehead atoms. The maximum atomic E-state index is 6.57. The Balaban J connectivity index is 1.18. The van der Waals surface area contributed by atoms with E-state index in [1.54, 1.807) is 0 Å². The molecule has 12 rings (SSSR count). The number of aromatic nitrogens is 1. The smallest absolute Gasteiger partial charge is 0.198 e. The highest BCUT2D eigenvalue weighted by molar-refractivity contribution is 6.74. The molecule has 0 saturated carbocycles. The van der Waals surface area contributed by atoms with Crippen LogP contribution in [0.1, 0.15) is 83.6 Å². The second kappa shape index (κ2) is 12.0. The summed E-state index contributed by atoms with van der Waals surface area (Å²) in [5.41, 5.74) is 20.4. The van der Waals surface area contributed by atoms with Gasteiger partial charge in [0.2, 0.25) is 0 Å². The van der Waals surface area contributed by atoms with E-state index in [0.29, 0.717) is 0 Å². The molecule has 4 heterocycles. The van der Waals surface area contributed by atoms with E-state index < -0.39 is 0 Å². The molecule has 2 aliphatic rings. The lowest BCUT2D eigenvalue weighted by molar-refractivity contribution is 0.332. The Hall–Kier alpha value is -6.20. The Morgan fingerprint density at radius 1 is 0.617 bits per heavy atom. The van der Waals surface area contributed by atoms with Crippen LogP contribution in [0.3, 0.4) is 0 Å². The Kier molecular flexibility index (Phi) is 7.13. The van der Waals surface area contributed by atoms with Gasteiger partial charge in [0.1, 0.15) is 22.3 Å². The van der Waals surface area contributed by atoms with Crippen molar-refractivity contribution in [3.05, 3.63) is 138 Å². The lowest BCUT2D eigenvalue weighted by Gasteiger charge is -2.42. The molecule has 0 spiro atoms. The third kappa shape index (κ3) is 5.04. The lowest BCUT2D eigenvalue weighted by atomic mass is 9.58. The molecule has 0 atom stereocenters. The monoisotopic (exact) mass is 780 g/mol. The largest absolute Gasteiger partial charge is 0.456 e. The number of hydrogen-bond donors (Lipinski definition) is 1. The van der Waals surface area contributed by atoms with E-state index in [1.165, 1.54) is 66.3 Å². The molecule has 1 N–H and O–H groups in total. The Labute approximate surface area is 351 Å². The van der Waals surface area contributed by atoms with Gasteiger partial charge in [0.15, 0.2) is 7.28 Å². The Bertz CT molecular complexity index is 3480. The highest BCUT2D eigenvalue weighted by atomic mass is 16.3. The number of furan rings is 2. The molecule has 0 fully saturated rings. The number of anilines is 2. The van der Waals surface area contributed by atoms with Crippen molar-refractivity contribution in [2.75, 3.05) is 5.32 Å². The van der Waals surface area contributed by atoms with Crippen molar-refractivity contribution >= 4 is 95.3 Å². The Morgan fingerprint density at radius 3 is 1.90 bits per heavy atom. The third-order valence-corrected chi connectivity index (χ3v) is 14.3. The van der Waals surface area contributed by atoms with Crippen molar-refractivity contribution in [1.29, 1.82) is 0 Å². The van der Waals surface area contributed by atoms with Crippen LogP contribution in [0.2, 0.25) is 0 Å². The van der Waals surface area contributed by atoms with Gasteiger partial charge < -0.3 is 18.7 Å². The molecule has 1 aliphatic carbocycles. The van der Waals surface area contributed by atoms with Crippen LogP contribution in [0.15, 0.2) is 124 Å². The van der Waals surface area contributed by atoms with Gasteiger partial charge in [0.25, 0.3) is 0 Å². The molecule has 0 unspecified atom stereocenters. The van der Waals surface area contributed by atoms with E-state index >= 15 is 0 Å². The number of rotatable bonds is 3. The summed E-state index contributed by atoms with van der Waals surface area (Å²) in [6, 6.07) is 42.8. The van der Waals surface area contributed by atoms with Gasteiger partial charge >= 0.3 is 0 Å². The number of hydrogen-bond acceptors (Lipinski definition) is 3. The van der Waals surface area contributed by atoms with Crippen molar-refractivity contribution < 1.29 is 8.83 Å². The minimum absolute atomic E-state index is 0.0508. The maximum Gasteiger partial charge on any atom is 0.198 e. The summed E-state index contributed by atoms with van der Waals surface area (Å²) in [7, 11) is 0.804.